The Labute approximate surface area is 515 Å². The van der Waals surface area contributed by atoms with Crippen molar-refractivity contribution < 1.29 is 72.5 Å². The highest BCUT2D eigenvalue weighted by molar-refractivity contribution is 7.86. The van der Waals surface area contributed by atoms with Crippen molar-refractivity contribution in [3.63, 3.8) is 0 Å². The minimum atomic E-state index is -4.93. The number of amides is 1. The third-order valence-corrected chi connectivity index (χ3v) is 16.1. The molecule has 0 saturated carbocycles. The predicted octanol–water partition coefficient (Wildman–Crippen LogP) is 15.5. The predicted molar refractivity (Wildman–Crippen MR) is 336 cm³/mol. The molecule has 0 fully saturated rings. The number of aryl methyl sites for hydroxylation is 3. The average Bonchev–Trinajstić information content (AvgIpc) is 0.801. The number of nitrogens with zero attached hydrogens (tertiary/aromatic N) is 8. The van der Waals surface area contributed by atoms with Gasteiger partial charge in [0, 0.05) is 63.7 Å². The summed E-state index contributed by atoms with van der Waals surface area (Å²) in [4.78, 5) is 12.4. The summed E-state index contributed by atoms with van der Waals surface area (Å²) in [5, 5.41) is 53.7. The first-order valence-corrected chi connectivity index (χ1v) is 31.3. The summed E-state index contributed by atoms with van der Waals surface area (Å²) >= 11 is 0. The van der Waals surface area contributed by atoms with Crippen LogP contribution in [0.1, 0.15) is 33.5 Å². The molecule has 0 saturated heterocycles. The van der Waals surface area contributed by atoms with E-state index in [9.17, 15) is 44.3 Å². The second-order valence-corrected chi connectivity index (χ2v) is 24.3. The Balaban J connectivity index is 0.885. The van der Waals surface area contributed by atoms with Crippen molar-refractivity contribution >= 4 is 120 Å². The summed E-state index contributed by atoms with van der Waals surface area (Å²) in [7, 11) is -8.19. The largest absolute Gasteiger partial charge is 0.505 e. The molecule has 0 unspecified atom stereocenters. The molecule has 29 heteroatoms. The summed E-state index contributed by atoms with van der Waals surface area (Å²) in [5.74, 6) is -0.760. The number of benzene rings is 9. The molecule has 0 spiro atoms. The molecule has 9 aromatic rings. The maximum absolute atomic E-state index is 13.5. The summed E-state index contributed by atoms with van der Waals surface area (Å²) in [6.07, 6.45) is -0.116. The number of rotatable bonds is 23. The van der Waals surface area contributed by atoms with Gasteiger partial charge in [0.1, 0.15) is 62.1 Å². The number of phenolic OH excluding ortho intramolecular Hbond substituents is 1. The van der Waals surface area contributed by atoms with Gasteiger partial charge in [-0.2, -0.15) is 40.6 Å². The van der Waals surface area contributed by atoms with Gasteiger partial charge in [-0.25, -0.2) is 0 Å². The van der Waals surface area contributed by atoms with E-state index in [0.717, 1.165) is 11.8 Å². The van der Waals surface area contributed by atoms with Crippen molar-refractivity contribution in [1.29, 1.82) is 0 Å². The Morgan fingerprint density at radius 2 is 0.989 bits per heavy atom. The second-order valence-electron chi connectivity index (χ2n) is 19.9. The zero-order chi connectivity index (χ0) is 64.7. The van der Waals surface area contributed by atoms with Gasteiger partial charge in [-0.15, -0.1) is 25.6 Å². The van der Waals surface area contributed by atoms with E-state index >= 15 is 0 Å². The van der Waals surface area contributed by atoms with Gasteiger partial charge in [-0.3, -0.25) is 18.5 Å². The van der Waals surface area contributed by atoms with E-state index in [1.165, 1.54) is 70.9 Å². The van der Waals surface area contributed by atoms with Crippen LogP contribution in [0.5, 0.6) is 34.5 Å². The summed E-state index contributed by atoms with van der Waals surface area (Å²) in [6, 6.07) is 36.6. The fourth-order valence-corrected chi connectivity index (χ4v) is 10.7. The van der Waals surface area contributed by atoms with Gasteiger partial charge in [-0.05, 0) is 140 Å². The van der Waals surface area contributed by atoms with Gasteiger partial charge in [-0.1, -0.05) is 24.3 Å². The fourth-order valence-electron chi connectivity index (χ4n) is 9.06. The zero-order valence-electron chi connectivity index (χ0n) is 48.9. The van der Waals surface area contributed by atoms with Crippen LogP contribution < -0.4 is 34.3 Å². The van der Waals surface area contributed by atoms with E-state index in [1.807, 2.05) is 37.3 Å². The molecule has 0 radical (unpaired) electrons. The van der Waals surface area contributed by atoms with Gasteiger partial charge in [0.25, 0.3) is 36.3 Å². The molecule has 9 aromatic carbocycles. The Morgan fingerprint density at radius 3 is 1.53 bits per heavy atom. The SMILES string of the molecule is COc1cc(N=Nc2ccc(C(=O)Nc3ccc4cc(S(=O)(=O)O)cc(OCCCS(=O)(=O)O)c4c3)cc2C)c(C)cc1N=Nc1cc(OC)c(N=Nc2cc(OC)c(N=Nc3c(S(=O)(=O)O)cc4cc(Nc5ccccc5)ccc4c3O)cc2OC)cc1C. The summed E-state index contributed by atoms with van der Waals surface area (Å²) < 4.78 is 129. The van der Waals surface area contributed by atoms with Crippen molar-refractivity contribution in [3.8, 4) is 34.5 Å². The first-order valence-electron chi connectivity index (χ1n) is 26.8. The Hall–Kier alpha value is -10.3. The van der Waals surface area contributed by atoms with Gasteiger partial charge < -0.3 is 39.4 Å². The topological polar surface area (TPSA) is 370 Å². The number of methoxy groups -OCH3 is 4. The Kier molecular flexibility index (Phi) is 19.2. The van der Waals surface area contributed by atoms with Gasteiger partial charge >= 0.3 is 0 Å². The molecule has 26 nitrogen and oxygen atoms in total. The molecule has 0 heterocycles. The number of carbonyl (C=O) groups is 1. The number of hydrogen-bond acceptors (Lipinski definition) is 22. The maximum Gasteiger partial charge on any atom is 0.296 e. The lowest BCUT2D eigenvalue weighted by atomic mass is 10.1. The average molecular weight is 1280 g/mol. The number of anilines is 3. The van der Waals surface area contributed by atoms with Crippen LogP contribution in [0.25, 0.3) is 21.5 Å². The quantitative estimate of drug-likeness (QED) is 0.0197. The number of nitrogens with one attached hydrogen (secondary N) is 2. The van der Waals surface area contributed by atoms with Crippen LogP contribution in [-0.4, -0.2) is 90.7 Å². The van der Waals surface area contributed by atoms with E-state index in [2.05, 4.69) is 51.5 Å². The fraction of sp³-hybridized carbons (Fsp3) is 0.164. The first kappa shape index (κ1) is 64.2. The maximum atomic E-state index is 13.5. The lowest BCUT2D eigenvalue weighted by Gasteiger charge is -2.13. The molecular formula is C61H56N10O16S3. The minimum absolute atomic E-state index is 0.0122. The van der Waals surface area contributed by atoms with E-state index in [0.29, 0.717) is 78.4 Å². The van der Waals surface area contributed by atoms with E-state index < -0.39 is 63.2 Å². The highest BCUT2D eigenvalue weighted by atomic mass is 32.2. The molecule has 464 valence electrons. The molecular weight excluding hydrogens is 1220 g/mol. The van der Waals surface area contributed by atoms with Gasteiger partial charge in [0.15, 0.2) is 5.75 Å². The van der Waals surface area contributed by atoms with Crippen molar-refractivity contribution in [1.82, 2.24) is 0 Å². The number of fused-ring (bicyclic) bond motifs is 2. The summed E-state index contributed by atoms with van der Waals surface area (Å²) in [5.41, 5.74) is 5.63. The lowest BCUT2D eigenvalue weighted by Crippen LogP contribution is -2.12. The van der Waals surface area contributed by atoms with Crippen LogP contribution >= 0.6 is 0 Å². The number of hydrogen-bond donors (Lipinski definition) is 6. The number of phenols is 1. The monoisotopic (exact) mass is 1280 g/mol. The van der Waals surface area contributed by atoms with Crippen molar-refractivity contribution in [3.05, 3.63) is 162 Å². The van der Waals surface area contributed by atoms with Crippen molar-refractivity contribution in [2.45, 2.75) is 37.0 Å². The molecule has 0 aliphatic carbocycles. The number of azo groups is 4. The molecule has 1 amide bonds. The van der Waals surface area contributed by atoms with Crippen molar-refractivity contribution in [2.75, 3.05) is 51.4 Å². The number of ether oxygens (including phenoxy) is 5. The van der Waals surface area contributed by atoms with Gasteiger partial charge in [0.05, 0.1) is 62.8 Å². The molecule has 0 aliphatic rings. The van der Waals surface area contributed by atoms with Crippen molar-refractivity contribution in [2.24, 2.45) is 40.9 Å². The standard InChI is InChI=1S/C61H56N10O16S3/c1-34-22-38(61(73)63-42-16-14-37-26-43(89(77,78)79)29-53(45(37)28-42)87-20-11-21-88(74,75)76)15-19-46(34)64-65-47-30-54(83-4)49(23-35(47)2)67-66-48-31-55(84-5)50(24-36(48)3)68-69-51-32-57(86-7)52(33-56(51)85-6)70-71-59-58(90(80,81)82)27-39-25-41(17-18-44(39)60(59)72)62-40-12-9-8-10-13-40/h8-10,12-19,22-33,62,72H,11,20-21H2,1-7H3,(H,63,73)(H,74,75,76)(H,77,78,79)(H,80,81,82). The van der Waals surface area contributed by atoms with Crippen LogP contribution in [0.2, 0.25) is 0 Å². The molecule has 0 bridgehead atoms. The van der Waals surface area contributed by atoms with E-state index in [-0.39, 0.29) is 58.4 Å². The highest BCUT2D eigenvalue weighted by Gasteiger charge is 2.24. The van der Waals surface area contributed by atoms with Crippen LogP contribution in [0.15, 0.2) is 190 Å². The molecule has 90 heavy (non-hydrogen) atoms. The highest BCUT2D eigenvalue weighted by Crippen LogP contribution is 2.46. The number of aromatic hydroxyl groups is 1. The number of para-hydroxylation sites is 1. The zero-order valence-corrected chi connectivity index (χ0v) is 51.3. The normalized spacial score (nSPS) is 12.2. The Morgan fingerprint density at radius 1 is 0.467 bits per heavy atom. The third-order valence-electron chi connectivity index (χ3n) is 13.6. The van der Waals surface area contributed by atoms with Crippen LogP contribution in [-0.2, 0) is 30.4 Å². The second kappa shape index (κ2) is 27.0. The van der Waals surface area contributed by atoms with Crippen LogP contribution in [0.4, 0.5) is 62.6 Å². The lowest BCUT2D eigenvalue weighted by molar-refractivity contribution is 0.102. The molecule has 9 rings (SSSR count). The minimum Gasteiger partial charge on any atom is -0.505 e. The Bertz CT molecular complexity index is 4780. The smallest absolute Gasteiger partial charge is 0.296 e. The summed E-state index contributed by atoms with van der Waals surface area (Å²) in [6.45, 7) is 5.14. The van der Waals surface area contributed by atoms with E-state index in [4.69, 9.17) is 28.2 Å². The van der Waals surface area contributed by atoms with Crippen LogP contribution in [0, 0.1) is 20.8 Å². The molecule has 6 N–H and O–H groups in total. The molecule has 0 aliphatic heterocycles. The number of carbonyl (C=O) groups excluding carboxylic acids is 1. The van der Waals surface area contributed by atoms with E-state index in [1.54, 1.807) is 74.5 Å². The molecule has 0 aromatic heterocycles. The third kappa shape index (κ3) is 15.3. The van der Waals surface area contributed by atoms with Crippen LogP contribution in [0.3, 0.4) is 0 Å². The van der Waals surface area contributed by atoms with Gasteiger partial charge in [0.2, 0.25) is 0 Å². The molecule has 0 atom stereocenters. The first-order chi connectivity index (χ1) is 42.8.